The highest BCUT2D eigenvalue weighted by Crippen LogP contribution is 2.32. The molecule has 1 aliphatic heterocycles. The smallest absolute Gasteiger partial charge is 0.338 e. The van der Waals surface area contributed by atoms with Crippen LogP contribution in [0, 0.1) is 0 Å². The summed E-state index contributed by atoms with van der Waals surface area (Å²) in [6, 6.07) is 26.9. The van der Waals surface area contributed by atoms with Crippen molar-refractivity contribution in [2.75, 3.05) is 24.5 Å². The summed E-state index contributed by atoms with van der Waals surface area (Å²) in [5.74, 6) is -0.179. The summed E-state index contributed by atoms with van der Waals surface area (Å²) in [6.07, 6.45) is 0. The van der Waals surface area contributed by atoms with E-state index >= 15 is 0 Å². The number of rotatable bonds is 8. The van der Waals surface area contributed by atoms with Gasteiger partial charge in [0.2, 0.25) is 0 Å². The van der Waals surface area contributed by atoms with Gasteiger partial charge >= 0.3 is 5.97 Å². The summed E-state index contributed by atoms with van der Waals surface area (Å²) in [4.78, 5) is 24.9. The van der Waals surface area contributed by atoms with E-state index in [1.165, 1.54) is 36.4 Å². The molecule has 1 heterocycles. The van der Waals surface area contributed by atoms with Gasteiger partial charge in [-0.3, -0.25) is 9.52 Å². The lowest BCUT2D eigenvalue weighted by atomic mass is 10.0. The number of hydrogen-bond acceptors (Lipinski definition) is 7. The predicted octanol–water partition coefficient (Wildman–Crippen LogP) is 4.97. The Morgan fingerprint density at radius 3 is 2.08 bits per heavy atom. The van der Waals surface area contributed by atoms with Crippen LogP contribution in [0.1, 0.15) is 20.7 Å². The summed E-state index contributed by atoms with van der Waals surface area (Å²) >= 11 is 0. The molecule has 0 radical (unpaired) electrons. The van der Waals surface area contributed by atoms with Crippen LogP contribution in [0.4, 0.5) is 5.69 Å². The van der Waals surface area contributed by atoms with Crippen molar-refractivity contribution in [1.29, 1.82) is 0 Å². The van der Waals surface area contributed by atoms with Gasteiger partial charge in [-0.1, -0.05) is 54.6 Å². The Labute approximate surface area is 219 Å². The highest BCUT2D eigenvalue weighted by Gasteiger charge is 2.20. The van der Waals surface area contributed by atoms with Crippen molar-refractivity contribution < 1.29 is 32.2 Å². The van der Waals surface area contributed by atoms with Gasteiger partial charge in [-0.15, -0.1) is 0 Å². The van der Waals surface area contributed by atoms with Crippen LogP contribution in [0.15, 0.2) is 102 Å². The van der Waals surface area contributed by atoms with E-state index in [2.05, 4.69) is 4.72 Å². The summed E-state index contributed by atoms with van der Waals surface area (Å²) in [7, 11) is -3.90. The van der Waals surface area contributed by atoms with Crippen molar-refractivity contribution >= 4 is 27.5 Å². The molecule has 0 fully saturated rings. The summed E-state index contributed by atoms with van der Waals surface area (Å²) in [5, 5.41) is 0. The van der Waals surface area contributed by atoms with Crippen LogP contribution >= 0.6 is 0 Å². The molecule has 38 heavy (non-hydrogen) atoms. The van der Waals surface area contributed by atoms with Crippen molar-refractivity contribution in [2.45, 2.75) is 4.90 Å². The average molecular weight is 530 g/mol. The topological polar surface area (TPSA) is 108 Å². The second-order valence-corrected chi connectivity index (χ2v) is 10.1. The molecule has 0 atom stereocenters. The number of benzene rings is 4. The molecule has 0 saturated heterocycles. The number of hydrogen-bond donors (Lipinski definition) is 1. The van der Waals surface area contributed by atoms with E-state index in [4.69, 9.17) is 14.2 Å². The molecule has 0 spiro atoms. The Morgan fingerprint density at radius 2 is 1.37 bits per heavy atom. The Balaban J connectivity index is 1.17. The van der Waals surface area contributed by atoms with Gasteiger partial charge in [0.15, 0.2) is 23.9 Å². The molecule has 0 aliphatic carbocycles. The van der Waals surface area contributed by atoms with E-state index in [1.54, 1.807) is 18.2 Å². The van der Waals surface area contributed by atoms with Gasteiger partial charge in [0.05, 0.1) is 10.5 Å². The van der Waals surface area contributed by atoms with Crippen LogP contribution in [-0.2, 0) is 14.8 Å². The molecular formula is C29H23NO7S. The van der Waals surface area contributed by atoms with Gasteiger partial charge in [-0.25, -0.2) is 13.2 Å². The van der Waals surface area contributed by atoms with Crippen LogP contribution in [0.5, 0.6) is 11.5 Å². The first-order chi connectivity index (χ1) is 18.4. The van der Waals surface area contributed by atoms with E-state index in [0.717, 1.165) is 11.1 Å². The summed E-state index contributed by atoms with van der Waals surface area (Å²) in [6.45, 7) is 0.331. The van der Waals surface area contributed by atoms with Crippen LogP contribution in [0.3, 0.4) is 0 Å². The molecule has 0 unspecified atom stereocenters. The molecule has 4 aromatic carbocycles. The molecule has 9 heteroatoms. The van der Waals surface area contributed by atoms with Gasteiger partial charge in [0.1, 0.15) is 13.2 Å². The highest BCUT2D eigenvalue weighted by molar-refractivity contribution is 7.92. The number of anilines is 1. The number of carbonyl (C=O) groups excluding carboxylic acids is 2. The minimum atomic E-state index is -3.90. The van der Waals surface area contributed by atoms with Crippen molar-refractivity contribution in [3.63, 3.8) is 0 Å². The normalized spacial score (nSPS) is 12.4. The second-order valence-electron chi connectivity index (χ2n) is 8.43. The number of ether oxygens (including phenoxy) is 3. The number of carbonyl (C=O) groups is 2. The van der Waals surface area contributed by atoms with E-state index in [9.17, 15) is 18.0 Å². The van der Waals surface area contributed by atoms with Gasteiger partial charge in [0.25, 0.3) is 10.0 Å². The molecule has 8 nitrogen and oxygen atoms in total. The van der Waals surface area contributed by atoms with Gasteiger partial charge in [0, 0.05) is 17.3 Å². The lowest BCUT2D eigenvalue weighted by molar-refractivity contribution is 0.0475. The van der Waals surface area contributed by atoms with Crippen molar-refractivity contribution in [1.82, 2.24) is 0 Å². The SMILES string of the molecule is O=C(COC(=O)c1ccc(NS(=O)(=O)c2ccc3c(c2)OCCO3)cc1)c1ccc(-c2ccccc2)cc1. The summed E-state index contributed by atoms with van der Waals surface area (Å²) in [5.41, 5.74) is 2.88. The Kier molecular flexibility index (Phi) is 7.10. The molecule has 0 aromatic heterocycles. The van der Waals surface area contributed by atoms with Crippen LogP contribution in [-0.4, -0.2) is 40.0 Å². The Morgan fingerprint density at radius 1 is 0.737 bits per heavy atom. The minimum absolute atomic E-state index is 0.0144. The number of esters is 1. The number of Topliss-reactive ketones (excluding diaryl/α,β-unsaturated/α-hetero) is 1. The number of fused-ring (bicyclic) bond motifs is 1. The maximum absolute atomic E-state index is 12.8. The predicted molar refractivity (Wildman–Crippen MR) is 141 cm³/mol. The molecule has 0 saturated carbocycles. The zero-order chi connectivity index (χ0) is 26.5. The van der Waals surface area contributed by atoms with E-state index in [-0.39, 0.29) is 21.9 Å². The van der Waals surface area contributed by atoms with Crippen molar-refractivity contribution in [3.8, 4) is 22.6 Å². The fourth-order valence-electron chi connectivity index (χ4n) is 3.86. The third kappa shape index (κ3) is 5.68. The molecule has 0 bridgehead atoms. The maximum atomic E-state index is 12.8. The first kappa shape index (κ1) is 25.0. The second kappa shape index (κ2) is 10.8. The van der Waals surface area contributed by atoms with Gasteiger partial charge in [-0.05, 0) is 47.5 Å². The average Bonchev–Trinajstić information content (AvgIpc) is 2.96. The number of ketones is 1. The standard InChI is InChI=1S/C29H23NO7S/c31-26(22-8-6-21(7-9-22)20-4-2-1-3-5-20)19-37-29(32)23-10-12-24(13-11-23)30-38(33,34)25-14-15-27-28(18-25)36-17-16-35-27/h1-15,18,30H,16-17,19H2. The Hall–Kier alpha value is -4.63. The van der Waals surface area contributed by atoms with Crippen LogP contribution in [0.25, 0.3) is 11.1 Å². The van der Waals surface area contributed by atoms with Crippen molar-refractivity contribution in [3.05, 3.63) is 108 Å². The number of nitrogens with one attached hydrogen (secondary N) is 1. The van der Waals surface area contributed by atoms with Gasteiger partial charge < -0.3 is 14.2 Å². The zero-order valence-corrected chi connectivity index (χ0v) is 20.9. The van der Waals surface area contributed by atoms with Crippen LogP contribution < -0.4 is 14.2 Å². The molecule has 5 rings (SSSR count). The molecule has 1 aliphatic rings. The zero-order valence-electron chi connectivity index (χ0n) is 20.1. The fourth-order valence-corrected chi connectivity index (χ4v) is 4.93. The first-order valence-electron chi connectivity index (χ1n) is 11.8. The maximum Gasteiger partial charge on any atom is 0.338 e. The number of sulfonamides is 1. The lowest BCUT2D eigenvalue weighted by Crippen LogP contribution is -2.17. The molecule has 0 amide bonds. The molecule has 1 N–H and O–H groups in total. The van der Waals surface area contributed by atoms with E-state index in [1.807, 2.05) is 42.5 Å². The van der Waals surface area contributed by atoms with Crippen molar-refractivity contribution in [2.24, 2.45) is 0 Å². The molecular weight excluding hydrogens is 506 g/mol. The third-order valence-corrected chi connectivity index (χ3v) is 7.22. The Bertz CT molecular complexity index is 1570. The fraction of sp³-hybridized carbons (Fsp3) is 0.103. The largest absolute Gasteiger partial charge is 0.486 e. The minimum Gasteiger partial charge on any atom is -0.486 e. The van der Waals surface area contributed by atoms with E-state index < -0.39 is 22.6 Å². The lowest BCUT2D eigenvalue weighted by Gasteiger charge is -2.19. The first-order valence-corrected chi connectivity index (χ1v) is 13.3. The van der Waals surface area contributed by atoms with E-state index in [0.29, 0.717) is 30.3 Å². The third-order valence-electron chi connectivity index (χ3n) is 5.85. The quantitative estimate of drug-likeness (QED) is 0.254. The van der Waals surface area contributed by atoms with Crippen LogP contribution in [0.2, 0.25) is 0 Å². The highest BCUT2D eigenvalue weighted by atomic mass is 32.2. The molecule has 4 aromatic rings. The van der Waals surface area contributed by atoms with Gasteiger partial charge in [-0.2, -0.15) is 0 Å². The monoisotopic (exact) mass is 529 g/mol. The molecule has 192 valence electrons. The summed E-state index contributed by atoms with van der Waals surface area (Å²) < 4.78 is 44.1.